The third-order valence-corrected chi connectivity index (χ3v) is 5.99. The molecule has 0 aliphatic carbocycles. The maximum absolute atomic E-state index is 12.4. The molecule has 0 atom stereocenters. The highest BCUT2D eigenvalue weighted by molar-refractivity contribution is 7.21. The zero-order chi connectivity index (χ0) is 20.4. The van der Waals surface area contributed by atoms with Gasteiger partial charge in [-0.1, -0.05) is 47.5 Å². The highest BCUT2D eigenvalue weighted by Crippen LogP contribution is 2.34. The summed E-state index contributed by atoms with van der Waals surface area (Å²) in [5.74, 6) is 0.131. The smallest absolute Gasteiger partial charge is 0.262 e. The molecule has 146 valence electrons. The second-order valence-electron chi connectivity index (χ2n) is 6.38. The number of para-hydroxylation sites is 1. The number of carbonyl (C=O) groups is 1. The largest absolute Gasteiger partial charge is 0.482 e. The first-order chi connectivity index (χ1) is 14.0. The fourth-order valence-electron chi connectivity index (χ4n) is 2.91. The molecule has 0 unspecified atom stereocenters. The molecule has 0 aliphatic rings. The van der Waals surface area contributed by atoms with Gasteiger partial charge in [0.2, 0.25) is 0 Å². The predicted molar refractivity (Wildman–Crippen MR) is 120 cm³/mol. The molecule has 4 nitrogen and oxygen atoms in total. The quantitative estimate of drug-likeness (QED) is 0.378. The molecule has 7 heteroatoms. The van der Waals surface area contributed by atoms with E-state index < -0.39 is 0 Å². The van der Waals surface area contributed by atoms with E-state index in [0.717, 1.165) is 32.0 Å². The van der Waals surface area contributed by atoms with Crippen molar-refractivity contribution in [2.75, 3.05) is 11.9 Å². The van der Waals surface area contributed by atoms with Gasteiger partial charge in [-0.15, -0.1) is 11.3 Å². The zero-order valence-corrected chi connectivity index (χ0v) is 17.7. The third-order valence-electron chi connectivity index (χ3n) is 4.38. The first-order valence-electron chi connectivity index (χ1n) is 8.84. The van der Waals surface area contributed by atoms with Gasteiger partial charge in [-0.2, -0.15) is 0 Å². The number of halogens is 2. The molecule has 4 aromatic rings. The summed E-state index contributed by atoms with van der Waals surface area (Å²) >= 11 is 13.6. The molecular weight excluding hydrogens is 427 g/mol. The molecule has 3 aromatic carbocycles. The number of anilines is 1. The van der Waals surface area contributed by atoms with E-state index in [-0.39, 0.29) is 12.5 Å². The maximum atomic E-state index is 12.4. The van der Waals surface area contributed by atoms with Crippen molar-refractivity contribution in [2.45, 2.75) is 6.92 Å². The summed E-state index contributed by atoms with van der Waals surface area (Å²) in [6.07, 6.45) is 0. The standard InChI is InChI=1S/C22H16Cl2N2O2S/c1-13-15(22-26-18-6-2-3-8-20(18)29-22)5-4-7-17(13)25-21(27)12-28-19-10-9-14(23)11-16(19)24/h2-11H,12H2,1H3,(H,25,27). The van der Waals surface area contributed by atoms with Crippen LogP contribution in [0.1, 0.15) is 5.56 Å². The molecule has 1 aromatic heterocycles. The summed E-state index contributed by atoms with van der Waals surface area (Å²) in [6, 6.07) is 18.7. The third kappa shape index (κ3) is 4.37. The summed E-state index contributed by atoms with van der Waals surface area (Å²) in [5.41, 5.74) is 3.63. The molecule has 0 fully saturated rings. The van der Waals surface area contributed by atoms with E-state index >= 15 is 0 Å². The molecule has 0 spiro atoms. The number of amides is 1. The minimum Gasteiger partial charge on any atom is -0.482 e. The van der Waals surface area contributed by atoms with Crippen LogP contribution in [0, 0.1) is 6.92 Å². The van der Waals surface area contributed by atoms with Crippen LogP contribution in [0.5, 0.6) is 5.75 Å². The van der Waals surface area contributed by atoms with Gasteiger partial charge in [0.05, 0.1) is 15.2 Å². The van der Waals surface area contributed by atoms with Crippen LogP contribution >= 0.6 is 34.5 Å². The van der Waals surface area contributed by atoms with Crippen molar-refractivity contribution < 1.29 is 9.53 Å². The Labute approximate surface area is 182 Å². The van der Waals surface area contributed by atoms with Crippen LogP contribution in [0.3, 0.4) is 0 Å². The zero-order valence-electron chi connectivity index (χ0n) is 15.4. The van der Waals surface area contributed by atoms with Gasteiger partial charge in [-0.05, 0) is 48.9 Å². The summed E-state index contributed by atoms with van der Waals surface area (Å²) in [5, 5.41) is 4.69. The van der Waals surface area contributed by atoms with Gasteiger partial charge in [0.25, 0.3) is 5.91 Å². The molecular formula is C22H16Cl2N2O2S. The molecule has 0 saturated heterocycles. The van der Waals surface area contributed by atoms with E-state index in [0.29, 0.717) is 15.8 Å². The van der Waals surface area contributed by atoms with E-state index in [1.165, 1.54) is 0 Å². The Morgan fingerprint density at radius 3 is 2.72 bits per heavy atom. The number of thiazole rings is 1. The topological polar surface area (TPSA) is 51.2 Å². The Morgan fingerprint density at radius 1 is 1.10 bits per heavy atom. The average Bonchev–Trinajstić information content (AvgIpc) is 3.13. The van der Waals surface area contributed by atoms with Crippen LogP contribution in [0.15, 0.2) is 60.7 Å². The van der Waals surface area contributed by atoms with Crippen LogP contribution in [0.2, 0.25) is 10.0 Å². The van der Waals surface area contributed by atoms with E-state index in [1.54, 1.807) is 29.5 Å². The Balaban J connectivity index is 1.50. The Bertz CT molecular complexity index is 1170. The number of carbonyl (C=O) groups excluding carboxylic acids is 1. The lowest BCUT2D eigenvalue weighted by Crippen LogP contribution is -2.20. The fraction of sp³-hybridized carbons (Fsp3) is 0.0909. The minimum absolute atomic E-state index is 0.161. The summed E-state index contributed by atoms with van der Waals surface area (Å²) in [6.45, 7) is 1.81. The van der Waals surface area contributed by atoms with Crippen LogP contribution in [-0.2, 0) is 4.79 Å². The predicted octanol–water partition coefficient (Wildman–Crippen LogP) is 6.60. The van der Waals surface area contributed by atoms with Gasteiger partial charge in [0.1, 0.15) is 10.8 Å². The van der Waals surface area contributed by atoms with Crippen molar-refractivity contribution in [3.63, 3.8) is 0 Å². The van der Waals surface area contributed by atoms with Crippen molar-refractivity contribution in [2.24, 2.45) is 0 Å². The van der Waals surface area contributed by atoms with Crippen LogP contribution in [0.4, 0.5) is 5.69 Å². The van der Waals surface area contributed by atoms with Gasteiger partial charge >= 0.3 is 0 Å². The number of nitrogens with one attached hydrogen (secondary N) is 1. The van der Waals surface area contributed by atoms with Crippen molar-refractivity contribution in [3.8, 4) is 16.3 Å². The average molecular weight is 443 g/mol. The summed E-state index contributed by atoms with van der Waals surface area (Å²) in [4.78, 5) is 17.1. The summed E-state index contributed by atoms with van der Waals surface area (Å²) < 4.78 is 6.64. The minimum atomic E-state index is -0.277. The lowest BCUT2D eigenvalue weighted by molar-refractivity contribution is -0.118. The van der Waals surface area contributed by atoms with Gasteiger partial charge in [0, 0.05) is 16.3 Å². The molecule has 0 saturated carbocycles. The van der Waals surface area contributed by atoms with Crippen molar-refractivity contribution in [1.82, 2.24) is 4.98 Å². The molecule has 1 N–H and O–H groups in total. The number of nitrogens with zero attached hydrogens (tertiary/aromatic N) is 1. The number of benzene rings is 3. The number of hydrogen-bond donors (Lipinski definition) is 1. The van der Waals surface area contributed by atoms with E-state index in [9.17, 15) is 4.79 Å². The monoisotopic (exact) mass is 442 g/mol. The van der Waals surface area contributed by atoms with Crippen LogP contribution in [-0.4, -0.2) is 17.5 Å². The molecule has 0 radical (unpaired) electrons. The van der Waals surface area contributed by atoms with Crippen molar-refractivity contribution in [1.29, 1.82) is 0 Å². The lowest BCUT2D eigenvalue weighted by atomic mass is 10.1. The molecule has 0 bridgehead atoms. The fourth-order valence-corrected chi connectivity index (χ4v) is 4.42. The normalized spacial score (nSPS) is 10.9. The highest BCUT2D eigenvalue weighted by atomic mass is 35.5. The highest BCUT2D eigenvalue weighted by Gasteiger charge is 2.13. The molecule has 0 aliphatic heterocycles. The molecule has 1 amide bonds. The Hall–Kier alpha value is -2.60. The Kier molecular flexibility index (Phi) is 5.72. The number of rotatable bonds is 5. The number of hydrogen-bond acceptors (Lipinski definition) is 4. The maximum Gasteiger partial charge on any atom is 0.262 e. The molecule has 29 heavy (non-hydrogen) atoms. The number of ether oxygens (including phenoxy) is 1. The summed E-state index contributed by atoms with van der Waals surface area (Å²) in [7, 11) is 0. The van der Waals surface area contributed by atoms with Gasteiger partial charge < -0.3 is 10.1 Å². The van der Waals surface area contributed by atoms with Crippen molar-refractivity contribution >= 4 is 56.3 Å². The first-order valence-corrected chi connectivity index (χ1v) is 10.4. The molecule has 1 heterocycles. The Morgan fingerprint density at radius 2 is 1.93 bits per heavy atom. The van der Waals surface area contributed by atoms with E-state index in [1.807, 2.05) is 43.3 Å². The van der Waals surface area contributed by atoms with E-state index in [4.69, 9.17) is 32.9 Å². The van der Waals surface area contributed by atoms with Crippen molar-refractivity contribution in [3.05, 3.63) is 76.3 Å². The van der Waals surface area contributed by atoms with Gasteiger partial charge in [-0.25, -0.2) is 4.98 Å². The van der Waals surface area contributed by atoms with Crippen LogP contribution in [0.25, 0.3) is 20.8 Å². The van der Waals surface area contributed by atoms with Crippen LogP contribution < -0.4 is 10.1 Å². The first kappa shape index (κ1) is 19.7. The number of fused-ring (bicyclic) bond motifs is 1. The van der Waals surface area contributed by atoms with Gasteiger partial charge in [-0.3, -0.25) is 4.79 Å². The SMILES string of the molecule is Cc1c(NC(=O)COc2ccc(Cl)cc2Cl)cccc1-c1nc2ccccc2s1. The lowest BCUT2D eigenvalue weighted by Gasteiger charge is -2.12. The van der Waals surface area contributed by atoms with E-state index in [2.05, 4.69) is 11.4 Å². The number of aromatic nitrogens is 1. The second kappa shape index (κ2) is 8.41. The van der Waals surface area contributed by atoms with Gasteiger partial charge in [0.15, 0.2) is 6.61 Å². The second-order valence-corrected chi connectivity index (χ2v) is 8.25. The molecule has 4 rings (SSSR count).